The number of hydrogen-bond acceptors (Lipinski definition) is 3. The van der Waals surface area contributed by atoms with Gasteiger partial charge in [-0.2, -0.15) is 0 Å². The van der Waals surface area contributed by atoms with Gasteiger partial charge < -0.3 is 20.5 Å². The lowest BCUT2D eigenvalue weighted by Gasteiger charge is -2.31. The van der Waals surface area contributed by atoms with Crippen LogP contribution in [-0.4, -0.2) is 43.0 Å². The molecule has 5 nitrogen and oxygen atoms in total. The number of hydrogen-bond donors (Lipinski definition) is 3. The summed E-state index contributed by atoms with van der Waals surface area (Å²) in [5, 5.41) is 17.2. The number of nitrogens with one attached hydrogen (secondary N) is 2. The van der Waals surface area contributed by atoms with E-state index in [4.69, 9.17) is 4.74 Å². The highest BCUT2D eigenvalue weighted by Gasteiger charge is 2.29. The Labute approximate surface area is 139 Å². The molecule has 3 N–H and O–H groups in total. The minimum absolute atomic E-state index is 0.151. The minimum atomic E-state index is -0.744. The number of benzene rings is 1. The number of ether oxygens (including phenoxy) is 1. The third kappa shape index (κ3) is 5.22. The largest absolute Gasteiger partial charge is 0.388 e. The average Bonchev–Trinajstić information content (AvgIpc) is 2.54. The van der Waals surface area contributed by atoms with E-state index in [2.05, 4.69) is 47.7 Å². The molecule has 1 fully saturated rings. The van der Waals surface area contributed by atoms with Crippen molar-refractivity contribution in [2.75, 3.05) is 26.3 Å². The van der Waals surface area contributed by atoms with Crippen LogP contribution >= 0.6 is 0 Å². The summed E-state index contributed by atoms with van der Waals surface area (Å²) >= 11 is 0. The van der Waals surface area contributed by atoms with Crippen molar-refractivity contribution in [1.29, 1.82) is 0 Å². The van der Waals surface area contributed by atoms with Gasteiger partial charge in [0, 0.05) is 32.6 Å². The van der Waals surface area contributed by atoms with Crippen molar-refractivity contribution < 1.29 is 9.84 Å². The summed E-state index contributed by atoms with van der Waals surface area (Å²) in [7, 11) is 0. The molecular weight excluding hydrogens is 290 g/mol. The Morgan fingerprint density at radius 2 is 2.04 bits per heavy atom. The second kappa shape index (κ2) is 8.31. The van der Waals surface area contributed by atoms with Crippen LogP contribution in [0.5, 0.6) is 0 Å². The van der Waals surface area contributed by atoms with Crippen LogP contribution in [0.2, 0.25) is 0 Å². The van der Waals surface area contributed by atoms with E-state index >= 15 is 0 Å². The first kappa shape index (κ1) is 17.8. The molecule has 0 spiro atoms. The Kier molecular flexibility index (Phi) is 6.42. The number of nitrogens with zero attached hydrogens (tertiary/aromatic N) is 1. The van der Waals surface area contributed by atoms with Gasteiger partial charge in [-0.05, 0) is 31.9 Å². The van der Waals surface area contributed by atoms with Gasteiger partial charge in [0.1, 0.15) is 0 Å². The summed E-state index contributed by atoms with van der Waals surface area (Å²) < 4.78 is 5.32. The fourth-order valence-corrected chi connectivity index (χ4v) is 2.81. The monoisotopic (exact) mass is 319 g/mol. The smallest absolute Gasteiger partial charge is 0.191 e. The van der Waals surface area contributed by atoms with Gasteiger partial charge in [-0.25, -0.2) is 0 Å². The molecule has 1 heterocycles. The summed E-state index contributed by atoms with van der Waals surface area (Å²) in [4.78, 5) is 4.59. The first-order chi connectivity index (χ1) is 11.0. The maximum Gasteiger partial charge on any atom is 0.191 e. The van der Waals surface area contributed by atoms with E-state index in [9.17, 15) is 5.11 Å². The predicted molar refractivity (Wildman–Crippen MR) is 93.7 cm³/mol. The molecule has 0 aromatic heterocycles. The lowest BCUT2D eigenvalue weighted by molar-refractivity contribution is -0.0566. The van der Waals surface area contributed by atoms with Crippen LogP contribution in [0.4, 0.5) is 0 Å². The zero-order chi connectivity index (χ0) is 16.7. The fourth-order valence-electron chi connectivity index (χ4n) is 2.81. The highest BCUT2D eigenvalue weighted by atomic mass is 16.5. The van der Waals surface area contributed by atoms with Gasteiger partial charge in [-0.1, -0.05) is 24.3 Å². The molecule has 1 aliphatic rings. The predicted octanol–water partition coefficient (Wildman–Crippen LogP) is 2.15. The highest BCUT2D eigenvalue weighted by molar-refractivity contribution is 5.80. The van der Waals surface area contributed by atoms with Crippen LogP contribution in [0.1, 0.15) is 43.9 Å². The standard InChI is InChI=1S/C18H29N3O2/c1-4-19-17(20-13-18(22)9-11-23-12-10-18)21-15(3)16-8-6-5-7-14(16)2/h5-8,15,22H,4,9-13H2,1-3H3,(H2,19,20,21). The van der Waals surface area contributed by atoms with E-state index in [1.54, 1.807) is 0 Å². The molecule has 1 saturated heterocycles. The molecule has 1 aromatic rings. The average molecular weight is 319 g/mol. The molecule has 0 bridgehead atoms. The molecule has 1 unspecified atom stereocenters. The van der Waals surface area contributed by atoms with E-state index in [-0.39, 0.29) is 6.04 Å². The van der Waals surface area contributed by atoms with Crippen molar-refractivity contribution in [3.8, 4) is 0 Å². The van der Waals surface area contributed by atoms with Crippen molar-refractivity contribution in [2.24, 2.45) is 4.99 Å². The van der Waals surface area contributed by atoms with Gasteiger partial charge in [-0.15, -0.1) is 0 Å². The zero-order valence-corrected chi connectivity index (χ0v) is 14.4. The van der Waals surface area contributed by atoms with Gasteiger partial charge in [0.25, 0.3) is 0 Å². The normalized spacial score (nSPS) is 19.2. The van der Waals surface area contributed by atoms with Gasteiger partial charge in [0.15, 0.2) is 5.96 Å². The van der Waals surface area contributed by atoms with Crippen molar-refractivity contribution in [3.63, 3.8) is 0 Å². The molecule has 5 heteroatoms. The number of rotatable bonds is 5. The fraction of sp³-hybridized carbons (Fsp3) is 0.611. The molecule has 0 amide bonds. The van der Waals surface area contributed by atoms with E-state index in [1.807, 2.05) is 13.0 Å². The molecule has 23 heavy (non-hydrogen) atoms. The van der Waals surface area contributed by atoms with Gasteiger partial charge in [-0.3, -0.25) is 4.99 Å². The summed E-state index contributed by atoms with van der Waals surface area (Å²) in [6.45, 7) is 8.67. The minimum Gasteiger partial charge on any atom is -0.388 e. The van der Waals surface area contributed by atoms with Gasteiger partial charge in [0.2, 0.25) is 0 Å². The summed E-state index contributed by atoms with van der Waals surface area (Å²) in [5.41, 5.74) is 1.77. The Morgan fingerprint density at radius 1 is 1.35 bits per heavy atom. The van der Waals surface area contributed by atoms with Crippen molar-refractivity contribution in [1.82, 2.24) is 10.6 Å². The third-order valence-corrected chi connectivity index (χ3v) is 4.31. The Morgan fingerprint density at radius 3 is 2.70 bits per heavy atom. The first-order valence-electron chi connectivity index (χ1n) is 8.44. The lowest BCUT2D eigenvalue weighted by atomic mass is 9.95. The number of guanidine groups is 1. The summed E-state index contributed by atoms with van der Waals surface area (Å²) in [6.07, 6.45) is 1.28. The Hall–Kier alpha value is -1.59. The molecule has 2 rings (SSSR count). The van der Waals surface area contributed by atoms with Crippen LogP contribution < -0.4 is 10.6 Å². The van der Waals surface area contributed by atoms with Crippen molar-refractivity contribution in [3.05, 3.63) is 35.4 Å². The molecule has 128 valence electrons. The van der Waals surface area contributed by atoms with Gasteiger partial charge in [0.05, 0.1) is 18.2 Å². The van der Waals surface area contributed by atoms with E-state index in [1.165, 1.54) is 11.1 Å². The summed E-state index contributed by atoms with van der Waals surface area (Å²) in [5.74, 6) is 0.739. The Balaban J connectivity index is 2.02. The van der Waals surface area contributed by atoms with Crippen molar-refractivity contribution in [2.45, 2.75) is 45.3 Å². The van der Waals surface area contributed by atoms with E-state index in [0.717, 1.165) is 12.5 Å². The molecule has 0 saturated carbocycles. The molecule has 0 aliphatic carbocycles. The van der Waals surface area contributed by atoms with Crippen LogP contribution in [0.3, 0.4) is 0 Å². The zero-order valence-electron chi connectivity index (χ0n) is 14.4. The second-order valence-corrected chi connectivity index (χ2v) is 6.25. The number of aryl methyl sites for hydroxylation is 1. The van der Waals surface area contributed by atoms with E-state index < -0.39 is 5.60 Å². The van der Waals surface area contributed by atoms with Crippen LogP contribution in [0.15, 0.2) is 29.3 Å². The van der Waals surface area contributed by atoms with Crippen LogP contribution in [0, 0.1) is 6.92 Å². The lowest BCUT2D eigenvalue weighted by Crippen LogP contribution is -2.43. The molecule has 1 aliphatic heterocycles. The first-order valence-corrected chi connectivity index (χ1v) is 8.44. The van der Waals surface area contributed by atoms with Gasteiger partial charge >= 0.3 is 0 Å². The summed E-state index contributed by atoms with van der Waals surface area (Å²) in [6, 6.07) is 8.49. The SMILES string of the molecule is CCNC(=NCC1(O)CCOCC1)NC(C)c1ccccc1C. The quantitative estimate of drug-likeness (QED) is 0.575. The van der Waals surface area contributed by atoms with E-state index in [0.29, 0.717) is 32.6 Å². The molecule has 1 aromatic carbocycles. The highest BCUT2D eigenvalue weighted by Crippen LogP contribution is 2.21. The molecule has 1 atom stereocenters. The van der Waals surface area contributed by atoms with Crippen LogP contribution in [-0.2, 0) is 4.74 Å². The maximum absolute atomic E-state index is 10.5. The Bertz CT molecular complexity index is 525. The second-order valence-electron chi connectivity index (χ2n) is 6.25. The topological polar surface area (TPSA) is 65.9 Å². The van der Waals surface area contributed by atoms with Crippen molar-refractivity contribution >= 4 is 5.96 Å². The van der Waals surface area contributed by atoms with Crippen LogP contribution in [0.25, 0.3) is 0 Å². The number of aliphatic hydroxyl groups is 1. The maximum atomic E-state index is 10.5. The number of aliphatic imine (C=N–C) groups is 1. The molecular formula is C18H29N3O2. The molecule has 0 radical (unpaired) electrons. The third-order valence-electron chi connectivity index (χ3n) is 4.31.